The zero-order chi connectivity index (χ0) is 15.2. The first-order valence-electron chi connectivity index (χ1n) is 7.27. The van der Waals surface area contributed by atoms with Crippen molar-refractivity contribution >= 4 is 11.6 Å². The molecular formula is C16H22ClN3O. The van der Waals surface area contributed by atoms with Gasteiger partial charge in [0.25, 0.3) is 0 Å². The maximum atomic E-state index is 6.34. The maximum Gasteiger partial charge on any atom is 0.122 e. The monoisotopic (exact) mass is 307 g/mol. The van der Waals surface area contributed by atoms with Gasteiger partial charge in [-0.25, -0.2) is 0 Å². The molecule has 2 rings (SSSR count). The van der Waals surface area contributed by atoms with Crippen molar-refractivity contribution in [1.29, 1.82) is 0 Å². The predicted octanol–water partition coefficient (Wildman–Crippen LogP) is 3.46. The number of methoxy groups -OCH3 is 1. The van der Waals surface area contributed by atoms with Crippen LogP contribution in [0.5, 0.6) is 5.75 Å². The van der Waals surface area contributed by atoms with E-state index < -0.39 is 0 Å². The van der Waals surface area contributed by atoms with Gasteiger partial charge in [-0.1, -0.05) is 36.7 Å². The number of aryl methyl sites for hydroxylation is 1. The third-order valence-corrected chi connectivity index (χ3v) is 3.82. The first-order chi connectivity index (χ1) is 10.2. The standard InChI is InChI=1S/C16H22ClN3O/c1-4-18-14(16-13(17)11-19-20(16)5-2)10-12-8-6-7-9-15(12)21-3/h6-9,11,14,18H,4-5,10H2,1-3H3. The van der Waals surface area contributed by atoms with Crippen LogP contribution < -0.4 is 10.1 Å². The molecule has 0 aliphatic heterocycles. The molecule has 21 heavy (non-hydrogen) atoms. The van der Waals surface area contributed by atoms with E-state index >= 15 is 0 Å². The van der Waals surface area contributed by atoms with Gasteiger partial charge in [0.2, 0.25) is 0 Å². The minimum absolute atomic E-state index is 0.112. The second kappa shape index (κ2) is 7.48. The molecule has 0 bridgehead atoms. The molecule has 0 saturated carbocycles. The number of nitrogens with one attached hydrogen (secondary N) is 1. The quantitative estimate of drug-likeness (QED) is 0.851. The number of nitrogens with zero attached hydrogens (tertiary/aromatic N) is 2. The van der Waals surface area contributed by atoms with Crippen LogP contribution in [0.1, 0.15) is 31.1 Å². The van der Waals surface area contributed by atoms with Crippen molar-refractivity contribution < 1.29 is 4.74 Å². The number of aromatic nitrogens is 2. The van der Waals surface area contributed by atoms with Gasteiger partial charge in [-0.05, 0) is 31.5 Å². The summed E-state index contributed by atoms with van der Waals surface area (Å²) in [7, 11) is 1.70. The van der Waals surface area contributed by atoms with E-state index in [1.807, 2.05) is 22.9 Å². The Hall–Kier alpha value is -1.52. The van der Waals surface area contributed by atoms with E-state index in [2.05, 4.69) is 30.3 Å². The molecule has 4 nitrogen and oxygen atoms in total. The van der Waals surface area contributed by atoms with Gasteiger partial charge in [0.05, 0.1) is 30.1 Å². The second-order valence-corrected chi connectivity index (χ2v) is 5.23. The SMILES string of the molecule is CCNC(Cc1ccccc1OC)c1c(Cl)cnn1CC. The van der Waals surface area contributed by atoms with Gasteiger partial charge < -0.3 is 10.1 Å². The molecule has 1 atom stereocenters. The van der Waals surface area contributed by atoms with Crippen molar-refractivity contribution in [2.45, 2.75) is 32.9 Å². The Morgan fingerprint density at radius 2 is 2.10 bits per heavy atom. The minimum atomic E-state index is 0.112. The molecule has 0 aliphatic carbocycles. The van der Waals surface area contributed by atoms with Gasteiger partial charge in [0, 0.05) is 6.54 Å². The summed E-state index contributed by atoms with van der Waals surface area (Å²) >= 11 is 6.34. The lowest BCUT2D eigenvalue weighted by Gasteiger charge is -2.21. The number of ether oxygens (including phenoxy) is 1. The zero-order valence-corrected chi connectivity index (χ0v) is 13.5. The molecule has 0 spiro atoms. The molecule has 0 aliphatic rings. The lowest BCUT2D eigenvalue weighted by molar-refractivity contribution is 0.403. The van der Waals surface area contributed by atoms with E-state index in [0.717, 1.165) is 36.5 Å². The van der Waals surface area contributed by atoms with Crippen molar-refractivity contribution in [2.75, 3.05) is 13.7 Å². The first kappa shape index (κ1) is 15.9. The van der Waals surface area contributed by atoms with E-state index in [-0.39, 0.29) is 6.04 Å². The molecule has 114 valence electrons. The van der Waals surface area contributed by atoms with Crippen LogP contribution in [0.15, 0.2) is 30.5 Å². The van der Waals surface area contributed by atoms with Gasteiger partial charge in [-0.2, -0.15) is 5.10 Å². The largest absolute Gasteiger partial charge is 0.496 e. The molecule has 0 amide bonds. The van der Waals surface area contributed by atoms with Crippen LogP contribution in [0.2, 0.25) is 5.02 Å². The molecule has 0 radical (unpaired) electrons. The van der Waals surface area contributed by atoms with Gasteiger partial charge >= 0.3 is 0 Å². The van der Waals surface area contributed by atoms with Crippen molar-refractivity contribution in [3.8, 4) is 5.75 Å². The molecule has 1 aromatic heterocycles. The Kier molecular flexibility index (Phi) is 5.65. The number of benzene rings is 1. The van der Waals surface area contributed by atoms with Crippen LogP contribution in [0.4, 0.5) is 0 Å². The summed E-state index contributed by atoms with van der Waals surface area (Å²) in [6.45, 7) is 5.83. The number of likely N-dealkylation sites (N-methyl/N-ethyl adjacent to an activating group) is 1. The topological polar surface area (TPSA) is 39.1 Å². The highest BCUT2D eigenvalue weighted by Crippen LogP contribution is 2.29. The third-order valence-electron chi connectivity index (χ3n) is 3.53. The molecular weight excluding hydrogens is 286 g/mol. The average Bonchev–Trinajstić information content (AvgIpc) is 2.88. The van der Waals surface area contributed by atoms with E-state index in [0.29, 0.717) is 5.02 Å². The number of para-hydroxylation sites is 1. The molecule has 0 saturated heterocycles. The van der Waals surface area contributed by atoms with Crippen molar-refractivity contribution in [3.05, 3.63) is 46.7 Å². The summed E-state index contributed by atoms with van der Waals surface area (Å²) in [5.41, 5.74) is 2.19. The third kappa shape index (κ3) is 3.57. The van der Waals surface area contributed by atoms with Crippen molar-refractivity contribution in [2.24, 2.45) is 0 Å². The minimum Gasteiger partial charge on any atom is -0.496 e. The van der Waals surface area contributed by atoms with Gasteiger partial charge in [-0.15, -0.1) is 0 Å². The van der Waals surface area contributed by atoms with E-state index in [1.165, 1.54) is 0 Å². The Bertz CT molecular complexity index is 583. The van der Waals surface area contributed by atoms with Crippen LogP contribution in [-0.4, -0.2) is 23.4 Å². The van der Waals surface area contributed by atoms with Gasteiger partial charge in [0.15, 0.2) is 0 Å². The lowest BCUT2D eigenvalue weighted by Crippen LogP contribution is -2.26. The number of hydrogen-bond donors (Lipinski definition) is 1. The fourth-order valence-corrected chi connectivity index (χ4v) is 2.85. The van der Waals surface area contributed by atoms with Crippen LogP contribution in [-0.2, 0) is 13.0 Å². The maximum absolute atomic E-state index is 6.34. The molecule has 2 aromatic rings. The smallest absolute Gasteiger partial charge is 0.122 e. The molecule has 0 fully saturated rings. The summed E-state index contributed by atoms with van der Waals surface area (Å²) in [6.07, 6.45) is 2.52. The van der Waals surface area contributed by atoms with E-state index in [1.54, 1.807) is 13.3 Å². The molecule has 1 N–H and O–H groups in total. The van der Waals surface area contributed by atoms with Crippen LogP contribution in [0.25, 0.3) is 0 Å². The predicted molar refractivity (Wildman–Crippen MR) is 86.0 cm³/mol. The fourth-order valence-electron chi connectivity index (χ4n) is 2.57. The highest BCUT2D eigenvalue weighted by Gasteiger charge is 2.20. The number of halogens is 1. The molecule has 5 heteroatoms. The van der Waals surface area contributed by atoms with E-state index in [9.17, 15) is 0 Å². The number of rotatable bonds is 7. The Balaban J connectivity index is 2.33. The van der Waals surface area contributed by atoms with Gasteiger partial charge in [-0.3, -0.25) is 4.68 Å². The molecule has 1 aromatic carbocycles. The number of hydrogen-bond acceptors (Lipinski definition) is 3. The average molecular weight is 308 g/mol. The Morgan fingerprint density at radius 3 is 2.76 bits per heavy atom. The molecule has 1 heterocycles. The van der Waals surface area contributed by atoms with Crippen molar-refractivity contribution in [1.82, 2.24) is 15.1 Å². The van der Waals surface area contributed by atoms with Crippen LogP contribution in [0, 0.1) is 0 Å². The highest BCUT2D eigenvalue weighted by molar-refractivity contribution is 6.31. The molecule has 1 unspecified atom stereocenters. The van der Waals surface area contributed by atoms with Crippen molar-refractivity contribution in [3.63, 3.8) is 0 Å². The summed E-state index contributed by atoms with van der Waals surface area (Å²) < 4.78 is 7.39. The summed E-state index contributed by atoms with van der Waals surface area (Å²) in [4.78, 5) is 0. The summed E-state index contributed by atoms with van der Waals surface area (Å²) in [6, 6.07) is 8.19. The zero-order valence-electron chi connectivity index (χ0n) is 12.8. The second-order valence-electron chi connectivity index (χ2n) is 4.82. The van der Waals surface area contributed by atoms with E-state index in [4.69, 9.17) is 16.3 Å². The Morgan fingerprint density at radius 1 is 1.33 bits per heavy atom. The van der Waals surface area contributed by atoms with Crippen LogP contribution >= 0.6 is 11.6 Å². The summed E-state index contributed by atoms with van der Waals surface area (Å²) in [5, 5.41) is 8.54. The van der Waals surface area contributed by atoms with Gasteiger partial charge in [0.1, 0.15) is 5.75 Å². The fraction of sp³-hybridized carbons (Fsp3) is 0.438. The lowest BCUT2D eigenvalue weighted by atomic mass is 10.0. The summed E-state index contributed by atoms with van der Waals surface area (Å²) in [5.74, 6) is 0.902. The highest BCUT2D eigenvalue weighted by atomic mass is 35.5. The van der Waals surface area contributed by atoms with Crippen LogP contribution in [0.3, 0.4) is 0 Å². The first-order valence-corrected chi connectivity index (χ1v) is 7.65. The Labute approximate surface area is 131 Å². The normalized spacial score (nSPS) is 12.4.